The summed E-state index contributed by atoms with van der Waals surface area (Å²) in [4.78, 5) is 2.12. The maximum Gasteiger partial charge on any atom is 0.251 e. The van der Waals surface area contributed by atoms with E-state index in [0.717, 1.165) is 26.1 Å². The molecular weight excluding hydrogens is 224 g/mol. The van der Waals surface area contributed by atoms with Gasteiger partial charge in [0.05, 0.1) is 0 Å². The third-order valence-corrected chi connectivity index (χ3v) is 3.30. The maximum absolute atomic E-state index is 12.7. The van der Waals surface area contributed by atoms with E-state index in [9.17, 15) is 8.78 Å². The van der Waals surface area contributed by atoms with Crippen molar-refractivity contribution in [2.45, 2.75) is 31.7 Å². The Balaban J connectivity index is 1.54. The maximum atomic E-state index is 12.7. The van der Waals surface area contributed by atoms with E-state index < -0.39 is 5.92 Å². The van der Waals surface area contributed by atoms with Gasteiger partial charge in [0.15, 0.2) is 0 Å². The van der Waals surface area contributed by atoms with E-state index in [1.807, 2.05) is 24.0 Å². The lowest BCUT2D eigenvalue weighted by Crippen LogP contribution is -2.23. The predicted octanol–water partition coefficient (Wildman–Crippen LogP) is 2.25. The molecular formula is C12H19F2N3. The highest BCUT2D eigenvalue weighted by atomic mass is 19.3. The summed E-state index contributed by atoms with van der Waals surface area (Å²) >= 11 is 0. The number of hydrogen-bond acceptors (Lipinski definition) is 2. The molecule has 1 saturated carbocycles. The first-order valence-corrected chi connectivity index (χ1v) is 6.12. The van der Waals surface area contributed by atoms with Crippen LogP contribution in [0.2, 0.25) is 0 Å². The zero-order chi connectivity index (χ0) is 12.3. The summed E-state index contributed by atoms with van der Waals surface area (Å²) < 4.78 is 27.2. The summed E-state index contributed by atoms with van der Waals surface area (Å²) in [5.41, 5.74) is 0. The van der Waals surface area contributed by atoms with E-state index in [2.05, 4.69) is 10.00 Å². The third-order valence-electron chi connectivity index (χ3n) is 3.30. The SMILES string of the molecule is CN(CCCn1cccn1)CC[C@@H]1CC1(F)F. The van der Waals surface area contributed by atoms with E-state index in [-0.39, 0.29) is 12.3 Å². The Morgan fingerprint density at radius 3 is 2.82 bits per heavy atom. The summed E-state index contributed by atoms with van der Waals surface area (Å²) in [5, 5.41) is 4.12. The summed E-state index contributed by atoms with van der Waals surface area (Å²) in [6.45, 7) is 2.58. The van der Waals surface area contributed by atoms with Crippen molar-refractivity contribution in [1.29, 1.82) is 0 Å². The largest absolute Gasteiger partial charge is 0.306 e. The molecule has 1 atom stereocenters. The topological polar surface area (TPSA) is 21.1 Å². The van der Waals surface area contributed by atoms with Gasteiger partial charge in [0.25, 0.3) is 5.92 Å². The zero-order valence-corrected chi connectivity index (χ0v) is 10.1. The van der Waals surface area contributed by atoms with E-state index in [1.165, 1.54) is 0 Å². The molecule has 3 nitrogen and oxygen atoms in total. The van der Waals surface area contributed by atoms with Gasteiger partial charge >= 0.3 is 0 Å². The number of halogens is 2. The van der Waals surface area contributed by atoms with Crippen LogP contribution in [0.4, 0.5) is 8.78 Å². The minimum Gasteiger partial charge on any atom is -0.306 e. The molecule has 17 heavy (non-hydrogen) atoms. The fraction of sp³-hybridized carbons (Fsp3) is 0.750. The molecule has 0 spiro atoms. The van der Waals surface area contributed by atoms with Gasteiger partial charge in [-0.15, -0.1) is 0 Å². The highest BCUT2D eigenvalue weighted by Crippen LogP contribution is 2.50. The van der Waals surface area contributed by atoms with Crippen molar-refractivity contribution in [2.24, 2.45) is 5.92 Å². The second-order valence-electron chi connectivity index (χ2n) is 4.88. The lowest BCUT2D eigenvalue weighted by Gasteiger charge is -2.16. The van der Waals surface area contributed by atoms with Crippen LogP contribution in [0.5, 0.6) is 0 Å². The Hall–Kier alpha value is -0.970. The van der Waals surface area contributed by atoms with Gasteiger partial charge in [-0.05, 0) is 39.0 Å². The summed E-state index contributed by atoms with van der Waals surface area (Å²) in [7, 11) is 1.99. The number of aromatic nitrogens is 2. The van der Waals surface area contributed by atoms with Crippen molar-refractivity contribution in [1.82, 2.24) is 14.7 Å². The second-order valence-corrected chi connectivity index (χ2v) is 4.88. The molecule has 5 heteroatoms. The molecule has 0 saturated heterocycles. The van der Waals surface area contributed by atoms with Gasteiger partial charge in [-0.25, -0.2) is 8.78 Å². The van der Waals surface area contributed by atoms with Crippen LogP contribution < -0.4 is 0 Å². The molecule has 0 radical (unpaired) electrons. The van der Waals surface area contributed by atoms with Crippen molar-refractivity contribution in [3.8, 4) is 0 Å². The zero-order valence-electron chi connectivity index (χ0n) is 10.1. The Morgan fingerprint density at radius 1 is 1.47 bits per heavy atom. The minimum absolute atomic E-state index is 0.0914. The van der Waals surface area contributed by atoms with Crippen molar-refractivity contribution in [2.75, 3.05) is 20.1 Å². The summed E-state index contributed by atoms with van der Waals surface area (Å²) in [6.07, 6.45) is 5.41. The first-order valence-electron chi connectivity index (χ1n) is 6.12. The van der Waals surface area contributed by atoms with Crippen LogP contribution in [0, 0.1) is 5.92 Å². The lowest BCUT2D eigenvalue weighted by molar-refractivity contribution is 0.0945. The number of aryl methyl sites for hydroxylation is 1. The normalized spacial score (nSPS) is 22.0. The molecule has 0 aliphatic heterocycles. The Kier molecular flexibility index (Phi) is 3.76. The second kappa shape index (κ2) is 5.12. The van der Waals surface area contributed by atoms with Crippen LogP contribution in [-0.4, -0.2) is 40.7 Å². The number of hydrogen-bond donors (Lipinski definition) is 0. The molecule has 1 fully saturated rings. The Labute approximate surface area is 100 Å². The molecule has 0 unspecified atom stereocenters. The minimum atomic E-state index is -2.37. The van der Waals surface area contributed by atoms with E-state index >= 15 is 0 Å². The van der Waals surface area contributed by atoms with Gasteiger partial charge < -0.3 is 4.90 Å². The number of rotatable bonds is 7. The molecule has 0 N–H and O–H groups in total. The van der Waals surface area contributed by atoms with Crippen LogP contribution in [0.15, 0.2) is 18.5 Å². The van der Waals surface area contributed by atoms with E-state index in [1.54, 1.807) is 6.20 Å². The fourth-order valence-corrected chi connectivity index (χ4v) is 2.01. The first kappa shape index (κ1) is 12.5. The van der Waals surface area contributed by atoms with E-state index in [0.29, 0.717) is 6.42 Å². The molecule has 1 aromatic heterocycles. The van der Waals surface area contributed by atoms with Gasteiger partial charge in [-0.3, -0.25) is 4.68 Å². The van der Waals surface area contributed by atoms with Gasteiger partial charge in [0.1, 0.15) is 0 Å². The molecule has 0 amide bonds. The third kappa shape index (κ3) is 3.77. The van der Waals surface area contributed by atoms with Gasteiger partial charge in [-0.1, -0.05) is 0 Å². The smallest absolute Gasteiger partial charge is 0.251 e. The molecule has 0 aromatic carbocycles. The molecule has 2 rings (SSSR count). The van der Waals surface area contributed by atoms with Crippen LogP contribution in [0.1, 0.15) is 19.3 Å². The standard InChI is InChI=1S/C12H19F2N3/c1-16(9-4-11-10-12(11,13)14)6-3-8-17-7-2-5-15-17/h2,5,7,11H,3-4,6,8-10H2,1H3/t11-/m1/s1. The quantitative estimate of drug-likeness (QED) is 0.732. The lowest BCUT2D eigenvalue weighted by atomic mass is 10.2. The predicted molar refractivity (Wildman–Crippen MR) is 62.0 cm³/mol. The van der Waals surface area contributed by atoms with Crippen LogP contribution >= 0.6 is 0 Å². The molecule has 96 valence electrons. The van der Waals surface area contributed by atoms with Crippen molar-refractivity contribution >= 4 is 0 Å². The molecule has 1 aliphatic rings. The van der Waals surface area contributed by atoms with Crippen molar-refractivity contribution in [3.63, 3.8) is 0 Å². The highest BCUT2D eigenvalue weighted by Gasteiger charge is 2.55. The highest BCUT2D eigenvalue weighted by molar-refractivity contribution is 4.94. The average Bonchev–Trinajstić information content (AvgIpc) is 2.67. The van der Waals surface area contributed by atoms with Crippen LogP contribution in [0.3, 0.4) is 0 Å². The summed E-state index contributed by atoms with van der Waals surface area (Å²) in [6, 6.07) is 1.90. The van der Waals surface area contributed by atoms with Crippen LogP contribution in [0.25, 0.3) is 0 Å². The van der Waals surface area contributed by atoms with E-state index in [4.69, 9.17) is 0 Å². The Morgan fingerprint density at radius 2 is 2.24 bits per heavy atom. The number of nitrogens with zero attached hydrogens (tertiary/aromatic N) is 3. The van der Waals surface area contributed by atoms with Crippen LogP contribution in [-0.2, 0) is 6.54 Å². The molecule has 1 aromatic rings. The molecule has 1 heterocycles. The van der Waals surface area contributed by atoms with Crippen molar-refractivity contribution in [3.05, 3.63) is 18.5 Å². The Bertz CT molecular complexity index is 338. The monoisotopic (exact) mass is 243 g/mol. The summed E-state index contributed by atoms with van der Waals surface area (Å²) in [5.74, 6) is -2.73. The number of alkyl halides is 2. The van der Waals surface area contributed by atoms with Gasteiger partial charge in [-0.2, -0.15) is 5.10 Å². The van der Waals surface area contributed by atoms with Gasteiger partial charge in [0, 0.05) is 31.3 Å². The van der Waals surface area contributed by atoms with Gasteiger partial charge in [0.2, 0.25) is 0 Å². The molecule has 1 aliphatic carbocycles. The fourth-order valence-electron chi connectivity index (χ4n) is 2.01. The molecule has 0 bridgehead atoms. The first-order chi connectivity index (χ1) is 8.08. The van der Waals surface area contributed by atoms with Crippen molar-refractivity contribution < 1.29 is 8.78 Å². The average molecular weight is 243 g/mol.